The molecule has 0 saturated heterocycles. The summed E-state index contributed by atoms with van der Waals surface area (Å²) in [6.45, 7) is 2.07. The molecule has 42 heavy (non-hydrogen) atoms. The van der Waals surface area contributed by atoms with Crippen molar-refractivity contribution in [2.45, 2.75) is 18.4 Å². The van der Waals surface area contributed by atoms with Crippen molar-refractivity contribution in [3.63, 3.8) is 0 Å². The first-order chi connectivity index (χ1) is 20.7. The summed E-state index contributed by atoms with van der Waals surface area (Å²) < 4.78 is 36.9. The highest BCUT2D eigenvalue weighted by Crippen LogP contribution is 2.47. The van der Waals surface area contributed by atoms with Crippen molar-refractivity contribution in [1.29, 1.82) is 0 Å². The lowest BCUT2D eigenvalue weighted by atomic mass is 10.1. The second kappa shape index (κ2) is 15.3. The zero-order valence-corrected chi connectivity index (χ0v) is 25.2. The van der Waals surface area contributed by atoms with E-state index in [9.17, 15) is 0 Å². The summed E-state index contributed by atoms with van der Waals surface area (Å²) in [5, 5.41) is 0. The Morgan fingerprint density at radius 3 is 1.48 bits per heavy atom. The van der Waals surface area contributed by atoms with E-state index >= 15 is 0 Å². The van der Waals surface area contributed by atoms with Crippen LogP contribution in [-0.4, -0.2) is 26.2 Å². The standard InChI is InChI=1S/C29H26N4O6P2S/c1-22-15-28(42-2)16-23(21-34-40(35-24-7-3-11-30-17-24)36-25-8-4-12-31-18-25)29(22)39-41(37-26-9-5-13-32-19-26)38-27-10-6-14-33-20-27/h3-20H,21H2,1-2H3. The molecule has 214 valence electrons. The predicted molar refractivity (Wildman–Crippen MR) is 162 cm³/mol. The Balaban J connectivity index is 1.40. The average molecular weight is 621 g/mol. The van der Waals surface area contributed by atoms with Gasteiger partial charge in [0.2, 0.25) is 0 Å². The smallest absolute Gasteiger partial charge is 0.416 e. The number of aromatic nitrogens is 4. The van der Waals surface area contributed by atoms with Crippen molar-refractivity contribution in [2.75, 3.05) is 6.26 Å². The summed E-state index contributed by atoms with van der Waals surface area (Å²) in [5.41, 5.74) is 1.64. The van der Waals surface area contributed by atoms with Crippen LogP contribution in [0.1, 0.15) is 11.1 Å². The van der Waals surface area contributed by atoms with Crippen LogP contribution < -0.4 is 22.6 Å². The summed E-state index contributed by atoms with van der Waals surface area (Å²) in [7, 11) is -3.85. The van der Waals surface area contributed by atoms with Crippen LogP contribution in [0.2, 0.25) is 0 Å². The van der Waals surface area contributed by atoms with Gasteiger partial charge in [-0.05, 0) is 79.4 Å². The van der Waals surface area contributed by atoms with Gasteiger partial charge in [0.05, 0.1) is 31.4 Å². The van der Waals surface area contributed by atoms with Crippen LogP contribution in [-0.2, 0) is 11.1 Å². The van der Waals surface area contributed by atoms with Gasteiger partial charge in [0.25, 0.3) is 0 Å². The molecule has 13 heteroatoms. The van der Waals surface area contributed by atoms with Gasteiger partial charge in [0.1, 0.15) is 28.7 Å². The number of rotatable bonds is 14. The minimum atomic E-state index is -1.96. The normalized spacial score (nSPS) is 10.9. The summed E-state index contributed by atoms with van der Waals surface area (Å²) in [6, 6.07) is 18.3. The van der Waals surface area contributed by atoms with Crippen LogP contribution in [0.15, 0.2) is 115 Å². The van der Waals surface area contributed by atoms with Crippen LogP contribution in [0.4, 0.5) is 0 Å². The molecule has 0 aliphatic carbocycles. The zero-order valence-electron chi connectivity index (χ0n) is 22.6. The lowest BCUT2D eigenvalue weighted by Crippen LogP contribution is -2.07. The monoisotopic (exact) mass is 620 g/mol. The molecule has 4 heterocycles. The quantitative estimate of drug-likeness (QED) is 0.0891. The Morgan fingerprint density at radius 1 is 0.619 bits per heavy atom. The lowest BCUT2D eigenvalue weighted by molar-refractivity contribution is 0.253. The summed E-state index contributed by atoms with van der Waals surface area (Å²) >= 11 is 1.61. The molecule has 0 amide bonds. The second-order valence-corrected chi connectivity index (χ2v) is 11.3. The van der Waals surface area contributed by atoms with Gasteiger partial charge in [0, 0.05) is 35.2 Å². The molecule has 0 atom stereocenters. The van der Waals surface area contributed by atoms with Gasteiger partial charge in [-0.2, -0.15) is 0 Å². The Labute approximate surface area is 250 Å². The van der Waals surface area contributed by atoms with Crippen LogP contribution in [0, 0.1) is 6.92 Å². The average Bonchev–Trinajstić information content (AvgIpc) is 3.03. The Hall–Kier alpha value is -4.01. The Morgan fingerprint density at radius 2 is 1.07 bits per heavy atom. The molecule has 0 bridgehead atoms. The highest BCUT2D eigenvalue weighted by molar-refractivity contribution is 7.98. The summed E-state index contributed by atoms with van der Waals surface area (Å²) in [6.07, 6.45) is 15.0. The fourth-order valence-electron chi connectivity index (χ4n) is 3.44. The van der Waals surface area contributed by atoms with E-state index in [2.05, 4.69) is 19.9 Å². The molecule has 0 N–H and O–H groups in total. The fourth-order valence-corrected chi connectivity index (χ4v) is 6.02. The van der Waals surface area contributed by atoms with E-state index in [1.807, 2.05) is 25.3 Å². The van der Waals surface area contributed by atoms with Crippen LogP contribution in [0.3, 0.4) is 0 Å². The van der Waals surface area contributed by atoms with Crippen LogP contribution in [0.25, 0.3) is 0 Å². The lowest BCUT2D eigenvalue weighted by Gasteiger charge is -2.22. The SMILES string of the molecule is CSc1cc(C)c(OP(Oc2cccnc2)Oc2cccnc2)c(COP(Oc2cccnc2)Oc2cccnc2)c1. The molecule has 0 unspecified atom stereocenters. The van der Waals surface area contributed by atoms with E-state index in [4.69, 9.17) is 27.1 Å². The molecule has 0 fully saturated rings. The Bertz CT molecular complexity index is 1450. The van der Waals surface area contributed by atoms with E-state index in [1.165, 1.54) is 0 Å². The maximum atomic E-state index is 6.43. The van der Waals surface area contributed by atoms with E-state index in [0.717, 1.165) is 16.0 Å². The molecule has 5 rings (SSSR count). The first kappa shape index (κ1) is 29.5. The number of hydrogen-bond acceptors (Lipinski definition) is 11. The minimum absolute atomic E-state index is 0.111. The van der Waals surface area contributed by atoms with Crippen LogP contribution in [0.5, 0.6) is 28.7 Å². The maximum Gasteiger partial charge on any atom is 0.530 e. The van der Waals surface area contributed by atoms with Crippen molar-refractivity contribution in [3.8, 4) is 28.7 Å². The number of pyridine rings is 4. The van der Waals surface area contributed by atoms with E-state index in [0.29, 0.717) is 28.7 Å². The van der Waals surface area contributed by atoms with Crippen molar-refractivity contribution in [2.24, 2.45) is 0 Å². The van der Waals surface area contributed by atoms with Crippen molar-refractivity contribution < 1.29 is 27.1 Å². The molecular weight excluding hydrogens is 594 g/mol. The van der Waals surface area contributed by atoms with Crippen molar-refractivity contribution >= 4 is 29.0 Å². The third-order valence-corrected chi connectivity index (χ3v) is 8.13. The molecule has 0 spiro atoms. The fraction of sp³-hybridized carbons (Fsp3) is 0.103. The molecule has 0 aliphatic rings. The summed E-state index contributed by atoms with van der Waals surface area (Å²) in [4.78, 5) is 17.5. The highest BCUT2D eigenvalue weighted by Gasteiger charge is 2.25. The van der Waals surface area contributed by atoms with Gasteiger partial charge < -0.3 is 22.6 Å². The number of hydrogen-bond donors (Lipinski definition) is 0. The molecular formula is C29H26N4O6P2S. The number of benzene rings is 1. The van der Waals surface area contributed by atoms with Crippen molar-refractivity contribution in [1.82, 2.24) is 19.9 Å². The van der Waals surface area contributed by atoms with Gasteiger partial charge in [-0.15, -0.1) is 11.8 Å². The van der Waals surface area contributed by atoms with E-state index in [-0.39, 0.29) is 6.61 Å². The van der Waals surface area contributed by atoms with Crippen LogP contribution >= 0.6 is 29.0 Å². The molecule has 0 radical (unpaired) electrons. The predicted octanol–water partition coefficient (Wildman–Crippen LogP) is 7.96. The van der Waals surface area contributed by atoms with Gasteiger partial charge in [-0.1, -0.05) is 0 Å². The molecule has 10 nitrogen and oxygen atoms in total. The van der Waals surface area contributed by atoms with Gasteiger partial charge in [-0.3, -0.25) is 24.5 Å². The molecule has 1 aromatic carbocycles. The van der Waals surface area contributed by atoms with Gasteiger partial charge >= 0.3 is 17.2 Å². The summed E-state index contributed by atoms with van der Waals surface area (Å²) in [5.74, 6) is 2.58. The topological polar surface area (TPSA) is 107 Å². The Kier molecular flexibility index (Phi) is 10.7. The molecule has 4 aromatic heterocycles. The number of nitrogens with zero attached hydrogens (tertiary/aromatic N) is 4. The minimum Gasteiger partial charge on any atom is -0.416 e. The largest absolute Gasteiger partial charge is 0.530 e. The third kappa shape index (κ3) is 8.74. The molecule has 5 aromatic rings. The van der Waals surface area contributed by atoms with Gasteiger partial charge in [0.15, 0.2) is 0 Å². The first-order valence-corrected chi connectivity index (χ1v) is 16.0. The number of thioether (sulfide) groups is 1. The zero-order chi connectivity index (χ0) is 29.0. The number of aryl methyl sites for hydroxylation is 1. The third-order valence-electron chi connectivity index (χ3n) is 5.31. The maximum absolute atomic E-state index is 6.43. The first-order valence-electron chi connectivity index (χ1n) is 12.6. The molecule has 0 saturated carbocycles. The van der Waals surface area contributed by atoms with Gasteiger partial charge in [-0.25, -0.2) is 0 Å². The highest BCUT2D eigenvalue weighted by atomic mass is 32.2. The second-order valence-electron chi connectivity index (χ2n) is 8.36. The molecule has 0 aliphatic heterocycles. The van der Waals surface area contributed by atoms with E-state index in [1.54, 1.807) is 110 Å². The van der Waals surface area contributed by atoms with Crippen molar-refractivity contribution in [3.05, 3.63) is 121 Å². The van der Waals surface area contributed by atoms with E-state index < -0.39 is 17.2 Å².